The van der Waals surface area contributed by atoms with Gasteiger partial charge in [-0.2, -0.15) is 5.26 Å². The van der Waals surface area contributed by atoms with E-state index in [1.165, 1.54) is 0 Å². The molecule has 2 atom stereocenters. The molecule has 2 aromatic heterocycles. The molecule has 0 unspecified atom stereocenters. The number of carboxylic acid groups (broad SMARTS) is 1. The van der Waals surface area contributed by atoms with Crippen molar-refractivity contribution in [2.75, 3.05) is 18.0 Å². The molecule has 2 aliphatic rings. The number of hydrogen-bond donors (Lipinski definition) is 1. The highest BCUT2D eigenvalue weighted by Gasteiger charge is 2.55. The van der Waals surface area contributed by atoms with Gasteiger partial charge in [-0.1, -0.05) is 12.5 Å². The maximum absolute atomic E-state index is 11.8. The van der Waals surface area contributed by atoms with Gasteiger partial charge in [0.05, 0.1) is 5.41 Å². The number of aromatic nitrogens is 2. The molecule has 22 heavy (non-hydrogen) atoms. The van der Waals surface area contributed by atoms with Crippen LogP contribution in [0.4, 0.5) is 5.82 Å². The van der Waals surface area contributed by atoms with Crippen molar-refractivity contribution in [3.05, 3.63) is 30.1 Å². The van der Waals surface area contributed by atoms with E-state index < -0.39 is 11.4 Å². The van der Waals surface area contributed by atoms with Crippen LogP contribution >= 0.6 is 0 Å². The Morgan fingerprint density at radius 3 is 3.09 bits per heavy atom. The maximum Gasteiger partial charge on any atom is 0.311 e. The number of imidazole rings is 1. The lowest BCUT2D eigenvalue weighted by atomic mass is 9.81. The summed E-state index contributed by atoms with van der Waals surface area (Å²) in [6.45, 7) is 1.12. The SMILES string of the molecule is N#Cc1c(N2C[C@@H]3CCC[C@@]3(C(=O)O)C2)nc2ccccn12. The minimum atomic E-state index is -0.709. The third-order valence-corrected chi connectivity index (χ3v) is 5.21. The van der Waals surface area contributed by atoms with Crippen LogP contribution in [-0.2, 0) is 4.79 Å². The smallest absolute Gasteiger partial charge is 0.311 e. The van der Waals surface area contributed by atoms with Crippen LogP contribution in [-0.4, -0.2) is 33.6 Å². The largest absolute Gasteiger partial charge is 0.481 e. The zero-order valence-corrected chi connectivity index (χ0v) is 12.1. The van der Waals surface area contributed by atoms with Crippen LogP contribution in [0.1, 0.15) is 25.0 Å². The molecule has 112 valence electrons. The number of rotatable bonds is 2. The molecule has 1 N–H and O–H groups in total. The Labute approximate surface area is 127 Å². The molecule has 6 nitrogen and oxygen atoms in total. The van der Waals surface area contributed by atoms with Crippen molar-refractivity contribution in [1.82, 2.24) is 9.38 Å². The van der Waals surface area contributed by atoms with Crippen LogP contribution in [0, 0.1) is 22.7 Å². The van der Waals surface area contributed by atoms with Crippen molar-refractivity contribution in [1.29, 1.82) is 5.26 Å². The van der Waals surface area contributed by atoms with Gasteiger partial charge in [0.2, 0.25) is 0 Å². The topological polar surface area (TPSA) is 81.6 Å². The van der Waals surface area contributed by atoms with Crippen molar-refractivity contribution in [3.8, 4) is 6.07 Å². The molecule has 1 saturated heterocycles. The summed E-state index contributed by atoms with van der Waals surface area (Å²) in [5.74, 6) is 0.0600. The number of aliphatic carboxylic acids is 1. The Kier molecular flexibility index (Phi) is 2.67. The number of nitriles is 1. The van der Waals surface area contributed by atoms with E-state index in [2.05, 4.69) is 11.1 Å². The van der Waals surface area contributed by atoms with Crippen LogP contribution < -0.4 is 4.90 Å². The lowest BCUT2D eigenvalue weighted by molar-refractivity contribution is -0.149. The summed E-state index contributed by atoms with van der Waals surface area (Å²) in [6, 6.07) is 7.81. The molecular formula is C16H16N4O2. The van der Waals surface area contributed by atoms with Gasteiger partial charge in [-0.05, 0) is 30.9 Å². The fourth-order valence-electron chi connectivity index (χ4n) is 4.11. The molecule has 1 aliphatic heterocycles. The van der Waals surface area contributed by atoms with Crippen LogP contribution in [0.25, 0.3) is 5.65 Å². The number of hydrogen-bond acceptors (Lipinski definition) is 4. The van der Waals surface area contributed by atoms with E-state index in [4.69, 9.17) is 0 Å². The van der Waals surface area contributed by atoms with Gasteiger partial charge in [0.25, 0.3) is 0 Å². The molecule has 0 spiro atoms. The monoisotopic (exact) mass is 296 g/mol. The fraction of sp³-hybridized carbons (Fsp3) is 0.438. The van der Waals surface area contributed by atoms with E-state index in [1.54, 1.807) is 4.40 Å². The van der Waals surface area contributed by atoms with Crippen LogP contribution in [0.3, 0.4) is 0 Å². The van der Waals surface area contributed by atoms with Crippen LogP contribution in [0.2, 0.25) is 0 Å². The maximum atomic E-state index is 11.8. The number of carboxylic acids is 1. The predicted molar refractivity (Wildman–Crippen MR) is 79.5 cm³/mol. The number of fused-ring (bicyclic) bond motifs is 2. The van der Waals surface area contributed by atoms with Gasteiger partial charge in [0, 0.05) is 19.3 Å². The van der Waals surface area contributed by atoms with Crippen molar-refractivity contribution in [3.63, 3.8) is 0 Å². The highest BCUT2D eigenvalue weighted by Crippen LogP contribution is 2.50. The average molecular weight is 296 g/mol. The molecular weight excluding hydrogens is 280 g/mol. The Morgan fingerprint density at radius 1 is 1.50 bits per heavy atom. The Balaban J connectivity index is 1.78. The molecule has 0 amide bonds. The van der Waals surface area contributed by atoms with Crippen molar-refractivity contribution in [2.45, 2.75) is 19.3 Å². The van der Waals surface area contributed by atoms with E-state index in [0.29, 0.717) is 24.6 Å². The standard InChI is InChI=1S/C16H16N4O2/c17-8-12-14(18-13-5-1-2-7-20(12)13)19-9-11-4-3-6-16(11,10-19)15(21)22/h1-2,5,7,11H,3-4,6,9-10H2,(H,21,22)/t11-,16+/m0/s1. The molecule has 6 heteroatoms. The van der Waals surface area contributed by atoms with E-state index in [0.717, 1.165) is 24.9 Å². The predicted octanol–water partition coefficient (Wildman–Crippen LogP) is 1.90. The zero-order valence-electron chi connectivity index (χ0n) is 12.1. The summed E-state index contributed by atoms with van der Waals surface area (Å²) in [6.07, 6.45) is 4.45. The van der Waals surface area contributed by atoms with E-state index in [1.807, 2.05) is 29.3 Å². The Morgan fingerprint density at radius 2 is 2.36 bits per heavy atom. The number of pyridine rings is 1. The van der Waals surface area contributed by atoms with Gasteiger partial charge in [-0.3, -0.25) is 9.20 Å². The second-order valence-electron chi connectivity index (χ2n) is 6.26. The molecule has 2 aromatic rings. The van der Waals surface area contributed by atoms with Gasteiger partial charge in [0.1, 0.15) is 11.7 Å². The zero-order chi connectivity index (χ0) is 15.3. The number of anilines is 1. The van der Waals surface area contributed by atoms with Gasteiger partial charge >= 0.3 is 5.97 Å². The molecule has 0 aromatic carbocycles. The second-order valence-corrected chi connectivity index (χ2v) is 6.26. The van der Waals surface area contributed by atoms with Crippen LogP contribution in [0.5, 0.6) is 0 Å². The van der Waals surface area contributed by atoms with Crippen molar-refractivity contribution >= 4 is 17.4 Å². The summed E-state index contributed by atoms with van der Waals surface area (Å²) in [7, 11) is 0. The summed E-state index contributed by atoms with van der Waals surface area (Å²) in [4.78, 5) is 18.3. The first-order valence-corrected chi connectivity index (χ1v) is 7.51. The molecule has 0 bridgehead atoms. The first kappa shape index (κ1) is 13.1. The summed E-state index contributed by atoms with van der Waals surface area (Å²) >= 11 is 0. The lowest BCUT2D eigenvalue weighted by Gasteiger charge is -2.23. The average Bonchev–Trinajstić information content (AvgIpc) is 3.16. The van der Waals surface area contributed by atoms with Crippen LogP contribution in [0.15, 0.2) is 24.4 Å². The highest BCUT2D eigenvalue weighted by molar-refractivity contribution is 5.78. The van der Waals surface area contributed by atoms with Crippen molar-refractivity contribution < 1.29 is 9.90 Å². The third-order valence-electron chi connectivity index (χ3n) is 5.21. The summed E-state index contributed by atoms with van der Waals surface area (Å²) in [5.41, 5.74) is 0.536. The van der Waals surface area contributed by atoms with E-state index >= 15 is 0 Å². The second kappa shape index (κ2) is 4.47. The quantitative estimate of drug-likeness (QED) is 0.915. The molecule has 2 fully saturated rings. The Bertz CT molecular complexity index is 806. The van der Waals surface area contributed by atoms with E-state index in [-0.39, 0.29) is 5.92 Å². The molecule has 0 radical (unpaired) electrons. The van der Waals surface area contributed by atoms with Gasteiger partial charge in [0.15, 0.2) is 11.5 Å². The molecule has 1 saturated carbocycles. The lowest BCUT2D eigenvalue weighted by Crippen LogP contribution is -2.35. The first-order chi connectivity index (χ1) is 10.7. The van der Waals surface area contributed by atoms with Gasteiger partial charge < -0.3 is 10.0 Å². The van der Waals surface area contributed by atoms with Gasteiger partial charge in [-0.15, -0.1) is 0 Å². The minimum Gasteiger partial charge on any atom is -0.481 e. The summed E-state index contributed by atoms with van der Waals surface area (Å²) in [5, 5.41) is 19.2. The highest BCUT2D eigenvalue weighted by atomic mass is 16.4. The molecule has 3 heterocycles. The third kappa shape index (κ3) is 1.59. The minimum absolute atomic E-state index is 0.154. The summed E-state index contributed by atoms with van der Waals surface area (Å²) < 4.78 is 1.76. The number of carbonyl (C=O) groups is 1. The fourth-order valence-corrected chi connectivity index (χ4v) is 4.11. The molecule has 4 rings (SSSR count). The first-order valence-electron chi connectivity index (χ1n) is 7.51. The van der Waals surface area contributed by atoms with Crippen molar-refractivity contribution in [2.24, 2.45) is 11.3 Å². The van der Waals surface area contributed by atoms with Gasteiger partial charge in [-0.25, -0.2) is 4.98 Å². The molecule has 1 aliphatic carbocycles. The van der Waals surface area contributed by atoms with E-state index in [9.17, 15) is 15.2 Å². The normalized spacial score (nSPS) is 27.0. The number of nitrogens with zero attached hydrogens (tertiary/aromatic N) is 4. The Hall–Kier alpha value is -2.55.